The summed E-state index contributed by atoms with van der Waals surface area (Å²) in [5.74, 6) is 1.15. The fourth-order valence-electron chi connectivity index (χ4n) is 7.78. The van der Waals surface area contributed by atoms with E-state index in [4.69, 9.17) is 9.97 Å². The predicted molar refractivity (Wildman–Crippen MR) is 203 cm³/mol. The molecule has 6 aromatic carbocycles. The van der Waals surface area contributed by atoms with Crippen LogP contribution in [0.4, 0.5) is 0 Å². The summed E-state index contributed by atoms with van der Waals surface area (Å²) in [6.07, 6.45) is 5.37. The van der Waals surface area contributed by atoms with Gasteiger partial charge in [0.2, 0.25) is 5.95 Å². The molecule has 4 nitrogen and oxygen atoms in total. The maximum atomic E-state index is 5.32. The van der Waals surface area contributed by atoms with Gasteiger partial charge in [-0.15, -0.1) is 0 Å². The van der Waals surface area contributed by atoms with Crippen molar-refractivity contribution in [3.63, 3.8) is 0 Å². The molecular weight excluding hydrogens is 597 g/mol. The molecule has 1 aliphatic rings. The SMILES string of the molecule is CC1C=Cc2nc(-n3c4ccccc4c4cc(-c5ccc6c(c5)c5ccccc5n6-c5ccccc5)ccc43)nc(-c3ccccc3)c2C1. The van der Waals surface area contributed by atoms with E-state index < -0.39 is 0 Å². The lowest BCUT2D eigenvalue weighted by molar-refractivity contribution is 0.708. The lowest BCUT2D eigenvalue weighted by Crippen LogP contribution is -2.12. The Morgan fingerprint density at radius 1 is 0.510 bits per heavy atom. The van der Waals surface area contributed by atoms with Crippen molar-refractivity contribution in [1.29, 1.82) is 0 Å². The van der Waals surface area contributed by atoms with E-state index in [1.807, 2.05) is 0 Å². The van der Waals surface area contributed by atoms with Gasteiger partial charge in [0.05, 0.1) is 33.5 Å². The van der Waals surface area contributed by atoms with Crippen molar-refractivity contribution in [1.82, 2.24) is 19.1 Å². The van der Waals surface area contributed by atoms with Crippen LogP contribution >= 0.6 is 0 Å². The Hall–Kier alpha value is -6.26. The molecule has 0 amide bonds. The normalized spacial score (nSPS) is 14.3. The molecule has 1 aliphatic carbocycles. The molecule has 0 saturated carbocycles. The van der Waals surface area contributed by atoms with Gasteiger partial charge in [0, 0.05) is 38.4 Å². The van der Waals surface area contributed by atoms with Crippen LogP contribution in [-0.2, 0) is 6.42 Å². The predicted octanol–water partition coefficient (Wildman–Crippen LogP) is 11.2. The number of hydrogen-bond acceptors (Lipinski definition) is 2. The zero-order valence-electron chi connectivity index (χ0n) is 27.1. The Morgan fingerprint density at radius 2 is 1.06 bits per heavy atom. The molecule has 3 aromatic heterocycles. The van der Waals surface area contributed by atoms with Crippen molar-refractivity contribution in [2.45, 2.75) is 13.3 Å². The van der Waals surface area contributed by atoms with E-state index in [0.29, 0.717) is 11.9 Å². The average molecular weight is 629 g/mol. The maximum absolute atomic E-state index is 5.32. The second-order valence-corrected chi connectivity index (χ2v) is 13.1. The van der Waals surface area contributed by atoms with E-state index in [9.17, 15) is 0 Å². The van der Waals surface area contributed by atoms with Crippen molar-refractivity contribution in [2.24, 2.45) is 5.92 Å². The summed E-state index contributed by atoms with van der Waals surface area (Å²) in [5, 5.41) is 4.88. The Balaban J connectivity index is 1.17. The van der Waals surface area contributed by atoms with Crippen molar-refractivity contribution >= 4 is 49.7 Å². The summed E-state index contributed by atoms with van der Waals surface area (Å²) in [4.78, 5) is 10.5. The highest BCUT2D eigenvalue weighted by Crippen LogP contribution is 2.39. The van der Waals surface area contributed by atoms with Crippen LogP contribution in [0.2, 0.25) is 0 Å². The molecule has 0 N–H and O–H groups in total. The minimum absolute atomic E-state index is 0.449. The molecule has 0 aliphatic heterocycles. The van der Waals surface area contributed by atoms with Crippen LogP contribution in [0, 0.1) is 5.92 Å². The van der Waals surface area contributed by atoms with E-state index >= 15 is 0 Å². The topological polar surface area (TPSA) is 35.6 Å². The Labute approximate surface area is 284 Å². The van der Waals surface area contributed by atoms with Gasteiger partial charge in [-0.25, -0.2) is 9.97 Å². The smallest absolute Gasteiger partial charge is 0.235 e. The molecule has 0 saturated heterocycles. The summed E-state index contributed by atoms with van der Waals surface area (Å²) in [6.45, 7) is 2.26. The van der Waals surface area contributed by atoms with Crippen LogP contribution in [0.5, 0.6) is 0 Å². The largest absolute Gasteiger partial charge is 0.309 e. The van der Waals surface area contributed by atoms with Gasteiger partial charge < -0.3 is 4.57 Å². The number of allylic oxidation sites excluding steroid dienone is 1. The first-order chi connectivity index (χ1) is 24.2. The summed E-state index contributed by atoms with van der Waals surface area (Å²) in [7, 11) is 0. The maximum Gasteiger partial charge on any atom is 0.235 e. The number of benzene rings is 6. The monoisotopic (exact) mass is 628 g/mol. The number of hydrogen-bond donors (Lipinski definition) is 0. The van der Waals surface area contributed by atoms with Gasteiger partial charge in [-0.05, 0) is 78.1 Å². The van der Waals surface area contributed by atoms with E-state index in [2.05, 4.69) is 174 Å². The second kappa shape index (κ2) is 10.9. The molecule has 3 heterocycles. The van der Waals surface area contributed by atoms with E-state index in [1.165, 1.54) is 55.0 Å². The first kappa shape index (κ1) is 27.8. The van der Waals surface area contributed by atoms with Crippen molar-refractivity contribution in [3.8, 4) is 34.0 Å². The highest BCUT2D eigenvalue weighted by Gasteiger charge is 2.22. The van der Waals surface area contributed by atoms with Crippen molar-refractivity contribution in [2.75, 3.05) is 0 Å². The van der Waals surface area contributed by atoms with Gasteiger partial charge in [0.25, 0.3) is 0 Å². The first-order valence-corrected chi connectivity index (χ1v) is 17.0. The molecule has 0 bridgehead atoms. The third kappa shape index (κ3) is 4.38. The van der Waals surface area contributed by atoms with Gasteiger partial charge in [0.1, 0.15) is 0 Å². The summed E-state index contributed by atoms with van der Waals surface area (Å²) in [6, 6.07) is 52.2. The van der Waals surface area contributed by atoms with E-state index in [1.54, 1.807) is 0 Å². The Bertz CT molecular complexity index is 2750. The second-order valence-electron chi connectivity index (χ2n) is 13.1. The highest BCUT2D eigenvalue weighted by molar-refractivity contribution is 6.12. The summed E-state index contributed by atoms with van der Waals surface area (Å²) < 4.78 is 4.60. The molecule has 232 valence electrons. The molecular formula is C45H32N4. The zero-order chi connectivity index (χ0) is 32.5. The Kier molecular flexibility index (Phi) is 6.18. The number of fused-ring (bicyclic) bond motifs is 7. The lowest BCUT2D eigenvalue weighted by Gasteiger charge is -2.20. The van der Waals surface area contributed by atoms with Gasteiger partial charge in [-0.3, -0.25) is 4.57 Å². The third-order valence-electron chi connectivity index (χ3n) is 10.1. The molecule has 1 atom stereocenters. The highest BCUT2D eigenvalue weighted by atomic mass is 15.2. The van der Waals surface area contributed by atoms with Crippen molar-refractivity contribution < 1.29 is 0 Å². The third-order valence-corrected chi connectivity index (χ3v) is 10.1. The zero-order valence-corrected chi connectivity index (χ0v) is 27.1. The number of rotatable bonds is 4. The van der Waals surface area contributed by atoms with E-state index in [-0.39, 0.29) is 0 Å². The fraction of sp³-hybridized carbons (Fsp3) is 0.0667. The molecule has 49 heavy (non-hydrogen) atoms. The van der Waals surface area contributed by atoms with Crippen LogP contribution in [0.3, 0.4) is 0 Å². The fourth-order valence-corrected chi connectivity index (χ4v) is 7.78. The van der Waals surface area contributed by atoms with Gasteiger partial charge in [-0.1, -0.05) is 110 Å². The molecule has 0 radical (unpaired) electrons. The lowest BCUT2D eigenvalue weighted by atomic mass is 9.91. The minimum atomic E-state index is 0.449. The molecule has 9 aromatic rings. The summed E-state index contributed by atoms with van der Waals surface area (Å²) in [5.41, 5.74) is 12.5. The molecule has 4 heteroatoms. The number of para-hydroxylation sites is 3. The van der Waals surface area contributed by atoms with Gasteiger partial charge in [0.15, 0.2) is 0 Å². The Morgan fingerprint density at radius 3 is 1.73 bits per heavy atom. The molecule has 1 unspecified atom stereocenters. The number of aromatic nitrogens is 4. The minimum Gasteiger partial charge on any atom is -0.309 e. The average Bonchev–Trinajstić information content (AvgIpc) is 3.67. The van der Waals surface area contributed by atoms with Crippen LogP contribution in [0.1, 0.15) is 18.2 Å². The molecule has 10 rings (SSSR count). The first-order valence-electron chi connectivity index (χ1n) is 17.0. The summed E-state index contributed by atoms with van der Waals surface area (Å²) >= 11 is 0. The van der Waals surface area contributed by atoms with Crippen LogP contribution in [-0.4, -0.2) is 19.1 Å². The van der Waals surface area contributed by atoms with Crippen LogP contribution < -0.4 is 0 Å². The standard InChI is InChI=1S/C45H32N4/c1-29-20-23-39-38(26-29)44(30-12-4-2-5-13-30)47-45(46-39)49-41-19-11-9-17-35(41)37-28-32(22-25-43(37)49)31-21-24-42-36(27-31)34-16-8-10-18-40(34)48(42)33-14-6-3-7-15-33/h2-25,27-29H,26H2,1H3. The van der Waals surface area contributed by atoms with Crippen molar-refractivity contribution in [3.05, 3.63) is 163 Å². The van der Waals surface area contributed by atoms with Crippen LogP contribution in [0.15, 0.2) is 152 Å². The molecule has 0 spiro atoms. The number of nitrogens with zero attached hydrogens (tertiary/aromatic N) is 4. The van der Waals surface area contributed by atoms with E-state index in [0.717, 1.165) is 34.4 Å². The van der Waals surface area contributed by atoms with Gasteiger partial charge >= 0.3 is 0 Å². The van der Waals surface area contributed by atoms with Crippen LogP contribution in [0.25, 0.3) is 83.7 Å². The quantitative estimate of drug-likeness (QED) is 0.194. The van der Waals surface area contributed by atoms with Gasteiger partial charge in [-0.2, -0.15) is 0 Å². The molecule has 0 fully saturated rings.